The first-order valence-electron chi connectivity index (χ1n) is 13.3. The fourth-order valence-electron chi connectivity index (χ4n) is 4.59. The Labute approximate surface area is 213 Å². The zero-order chi connectivity index (χ0) is 27.6. The number of anilines is 2. The van der Waals surface area contributed by atoms with Crippen molar-refractivity contribution in [2.75, 3.05) is 45.2 Å². The van der Waals surface area contributed by atoms with E-state index >= 15 is 0 Å². The molecule has 3 aromatic rings. The average Bonchev–Trinajstić information content (AvgIpc) is 3.29. The Kier molecular flexibility index (Phi) is 6.17. The number of aryl methyl sites for hydroxylation is 1. The Hall–Kier alpha value is -3.40. The minimum Gasteiger partial charge on any atom is -0.496 e. The van der Waals surface area contributed by atoms with E-state index in [0.717, 1.165) is 13.1 Å². The van der Waals surface area contributed by atoms with Gasteiger partial charge >= 0.3 is 0 Å². The van der Waals surface area contributed by atoms with Gasteiger partial charge in [-0.15, -0.1) is 0 Å². The number of nitrogens with one attached hydrogen (secondary N) is 1. The fourth-order valence-corrected chi connectivity index (χ4v) is 4.59. The minimum absolute atomic E-state index is 0.0458. The number of rotatable bonds is 8. The molecule has 3 heterocycles. The predicted molar refractivity (Wildman–Crippen MR) is 134 cm³/mol. The Balaban J connectivity index is 1.36. The van der Waals surface area contributed by atoms with Crippen LogP contribution in [0.1, 0.15) is 15.2 Å². The van der Waals surface area contributed by atoms with Gasteiger partial charge in [-0.05, 0) is 42.8 Å². The number of methoxy groups -OCH3 is 1. The van der Waals surface area contributed by atoms with Crippen LogP contribution in [0.5, 0.6) is 5.75 Å². The molecule has 8 nitrogen and oxygen atoms in total. The summed E-state index contributed by atoms with van der Waals surface area (Å²) < 4.78 is 53.1. The standard InChI is InChI=1S/C27H29FN4O4/c1-17-10-19(5-6-22(17)28)31-27-21-12-18(24(34-2)13-23(21)29-16-30-27)11-20(33)4-3-7-32-14-25-26(15-32)36-9-8-35-25/h3-6,10,12-13,16,25-26H,7-9,11,14-15H2,1-2H3,(H,29,30,31)/b4-3+/t25-,26+/i2D3. The maximum Gasteiger partial charge on any atom is 0.159 e. The van der Waals surface area contributed by atoms with Crippen molar-refractivity contribution in [1.29, 1.82) is 0 Å². The molecule has 9 heteroatoms. The van der Waals surface area contributed by atoms with Crippen LogP contribution in [0.15, 0.2) is 48.8 Å². The largest absolute Gasteiger partial charge is 0.496 e. The number of carbonyl (C=O) groups excluding carboxylic acids is 1. The highest BCUT2D eigenvalue weighted by Gasteiger charge is 2.35. The van der Waals surface area contributed by atoms with E-state index in [0.29, 0.717) is 53.3 Å². The van der Waals surface area contributed by atoms with Crippen molar-refractivity contribution in [3.05, 3.63) is 65.8 Å². The van der Waals surface area contributed by atoms with Gasteiger partial charge in [-0.1, -0.05) is 6.08 Å². The first-order chi connectivity index (χ1) is 18.6. The second kappa shape index (κ2) is 10.7. The molecule has 5 rings (SSSR count). The number of benzene rings is 2. The molecule has 2 fully saturated rings. The van der Waals surface area contributed by atoms with Gasteiger partial charge in [0.15, 0.2) is 5.78 Å². The van der Waals surface area contributed by atoms with E-state index in [2.05, 4.69) is 20.2 Å². The number of hydrogen-bond donors (Lipinski definition) is 1. The molecule has 0 spiro atoms. The van der Waals surface area contributed by atoms with Gasteiger partial charge in [0.05, 0.1) is 42.1 Å². The third-order valence-electron chi connectivity index (χ3n) is 6.42. The zero-order valence-electron chi connectivity index (χ0n) is 22.9. The molecule has 0 amide bonds. The molecular formula is C27H29FN4O4. The number of likely N-dealkylation sites (tertiary alicyclic amines) is 1. The number of hydrogen-bond acceptors (Lipinski definition) is 8. The number of carbonyl (C=O) groups is 1. The van der Waals surface area contributed by atoms with Crippen molar-refractivity contribution in [2.45, 2.75) is 25.6 Å². The van der Waals surface area contributed by atoms with E-state index in [1.165, 1.54) is 24.5 Å². The molecule has 0 bridgehead atoms. The number of ether oxygens (including phenoxy) is 3. The van der Waals surface area contributed by atoms with Gasteiger partial charge in [-0.25, -0.2) is 14.4 Å². The summed E-state index contributed by atoms with van der Waals surface area (Å²) in [6, 6.07) is 7.74. The van der Waals surface area contributed by atoms with Crippen LogP contribution in [0.25, 0.3) is 10.9 Å². The summed E-state index contributed by atoms with van der Waals surface area (Å²) in [5.74, 6) is -0.0624. The molecule has 1 aromatic heterocycles. The maximum atomic E-state index is 13.7. The fraction of sp³-hybridized carbons (Fsp3) is 0.370. The Morgan fingerprint density at radius 1 is 1.25 bits per heavy atom. The lowest BCUT2D eigenvalue weighted by Crippen LogP contribution is -2.36. The van der Waals surface area contributed by atoms with Gasteiger partial charge in [0.2, 0.25) is 0 Å². The van der Waals surface area contributed by atoms with Gasteiger partial charge < -0.3 is 19.5 Å². The minimum atomic E-state index is -2.71. The lowest BCUT2D eigenvalue weighted by Gasteiger charge is -2.24. The van der Waals surface area contributed by atoms with E-state index in [9.17, 15) is 9.18 Å². The summed E-state index contributed by atoms with van der Waals surface area (Å²) >= 11 is 0. The van der Waals surface area contributed by atoms with Gasteiger partial charge in [-0.2, -0.15) is 0 Å². The molecule has 0 saturated carbocycles. The van der Waals surface area contributed by atoms with Crippen LogP contribution in [0.4, 0.5) is 15.9 Å². The summed E-state index contributed by atoms with van der Waals surface area (Å²) in [5, 5.41) is 3.71. The van der Waals surface area contributed by atoms with Crippen LogP contribution in [0, 0.1) is 12.7 Å². The van der Waals surface area contributed by atoms with Crippen LogP contribution in [0.2, 0.25) is 0 Å². The number of fused-ring (bicyclic) bond motifs is 2. The maximum absolute atomic E-state index is 13.7. The van der Waals surface area contributed by atoms with Crippen molar-refractivity contribution >= 4 is 28.2 Å². The molecular weight excluding hydrogens is 463 g/mol. The Morgan fingerprint density at radius 3 is 2.81 bits per heavy atom. The van der Waals surface area contributed by atoms with E-state index in [4.69, 9.17) is 18.3 Å². The number of aromatic nitrogens is 2. The first-order valence-corrected chi connectivity index (χ1v) is 11.8. The van der Waals surface area contributed by atoms with Crippen LogP contribution in [-0.4, -0.2) is 72.7 Å². The summed E-state index contributed by atoms with van der Waals surface area (Å²) in [5.41, 5.74) is 1.90. The van der Waals surface area contributed by atoms with Crippen LogP contribution >= 0.6 is 0 Å². The summed E-state index contributed by atoms with van der Waals surface area (Å²) in [6.45, 7) is 4.91. The molecule has 2 aromatic carbocycles. The van der Waals surface area contributed by atoms with Crippen LogP contribution < -0.4 is 10.1 Å². The lowest BCUT2D eigenvalue weighted by atomic mass is 10.0. The van der Waals surface area contributed by atoms with E-state index < -0.39 is 7.04 Å². The second-order valence-electron chi connectivity index (χ2n) is 8.97. The van der Waals surface area contributed by atoms with Gasteiger partial charge in [0.1, 0.15) is 23.7 Å². The molecule has 1 N–H and O–H groups in total. The number of halogens is 1. The SMILES string of the molecule is [2H]C([2H])([2H])Oc1cc2ncnc(Nc3ccc(F)c(C)c3)c2cc1CC(=O)/C=C/CN1C[C@@H]2OCCO[C@@H]2C1. The molecule has 188 valence electrons. The lowest BCUT2D eigenvalue weighted by molar-refractivity contribution is -0.116. The molecule has 2 saturated heterocycles. The smallest absolute Gasteiger partial charge is 0.159 e. The van der Waals surface area contributed by atoms with E-state index in [1.54, 1.807) is 31.2 Å². The number of ketones is 1. The molecule has 0 radical (unpaired) electrons. The summed E-state index contributed by atoms with van der Waals surface area (Å²) in [7, 11) is -2.71. The highest BCUT2D eigenvalue weighted by atomic mass is 19.1. The predicted octanol–water partition coefficient (Wildman–Crippen LogP) is 3.60. The average molecular weight is 496 g/mol. The third-order valence-corrected chi connectivity index (χ3v) is 6.42. The summed E-state index contributed by atoms with van der Waals surface area (Å²) in [6.07, 6.45) is 4.65. The third kappa shape index (κ3) is 5.38. The molecule has 0 unspecified atom stereocenters. The van der Waals surface area contributed by atoms with Crippen molar-refractivity contribution in [2.24, 2.45) is 0 Å². The summed E-state index contributed by atoms with van der Waals surface area (Å²) in [4.78, 5) is 23.6. The second-order valence-corrected chi connectivity index (χ2v) is 8.97. The van der Waals surface area contributed by atoms with Crippen LogP contribution in [0.3, 0.4) is 0 Å². The molecule has 0 aliphatic carbocycles. The molecule has 2 aliphatic heterocycles. The molecule has 36 heavy (non-hydrogen) atoms. The monoisotopic (exact) mass is 495 g/mol. The number of allylic oxidation sites excluding steroid dienone is 1. The number of nitrogens with zero attached hydrogens (tertiary/aromatic N) is 3. The molecule has 2 aliphatic rings. The van der Waals surface area contributed by atoms with Crippen molar-refractivity contribution < 1.29 is 27.5 Å². The zero-order valence-corrected chi connectivity index (χ0v) is 19.9. The van der Waals surface area contributed by atoms with Crippen molar-refractivity contribution in [3.8, 4) is 5.75 Å². The molecule has 2 atom stereocenters. The Bertz CT molecular complexity index is 1390. The van der Waals surface area contributed by atoms with Crippen LogP contribution in [-0.2, 0) is 20.7 Å². The topological polar surface area (TPSA) is 85.8 Å². The van der Waals surface area contributed by atoms with Gasteiger partial charge in [0, 0.05) is 48.8 Å². The highest BCUT2D eigenvalue weighted by Crippen LogP contribution is 2.30. The Morgan fingerprint density at radius 2 is 2.06 bits per heavy atom. The van der Waals surface area contributed by atoms with Gasteiger partial charge in [0.25, 0.3) is 0 Å². The van der Waals surface area contributed by atoms with Crippen molar-refractivity contribution in [3.63, 3.8) is 0 Å². The quantitative estimate of drug-likeness (QED) is 0.475. The van der Waals surface area contributed by atoms with Crippen molar-refractivity contribution in [1.82, 2.24) is 14.9 Å². The van der Waals surface area contributed by atoms with E-state index in [-0.39, 0.29) is 36.0 Å². The van der Waals surface area contributed by atoms with E-state index in [1.807, 2.05) is 0 Å². The highest BCUT2D eigenvalue weighted by molar-refractivity contribution is 5.96. The normalized spacial score (nSPS) is 21.7. The first kappa shape index (κ1) is 20.8. The van der Waals surface area contributed by atoms with Gasteiger partial charge in [-0.3, -0.25) is 9.69 Å².